The molecular weight excluding hydrogens is 411 g/mol. The van der Waals surface area contributed by atoms with Crippen molar-refractivity contribution in [2.45, 2.75) is 119 Å². The summed E-state index contributed by atoms with van der Waals surface area (Å²) in [5.41, 5.74) is -0.226. The summed E-state index contributed by atoms with van der Waals surface area (Å²) >= 11 is 0. The smallest absolute Gasteiger partial charge is 0.133 e. The van der Waals surface area contributed by atoms with Crippen LogP contribution in [0.4, 0.5) is 4.39 Å². The second-order valence-corrected chi connectivity index (χ2v) is 13.9. The van der Waals surface area contributed by atoms with Crippen molar-refractivity contribution in [2.75, 3.05) is 0 Å². The summed E-state index contributed by atoms with van der Waals surface area (Å²) in [6, 6.07) is 0. The Morgan fingerprint density at radius 1 is 1.12 bits per heavy atom. The fraction of sp³-hybridized carbons (Fsp3) is 0.900. The molecule has 33 heavy (non-hydrogen) atoms. The van der Waals surface area contributed by atoms with Gasteiger partial charge in [0.25, 0.3) is 0 Å². The number of rotatable bonds is 6. The minimum atomic E-state index is -1.08. The summed E-state index contributed by atoms with van der Waals surface area (Å²) in [6.45, 7) is 15.9. The Kier molecular flexibility index (Phi) is 6.51. The Bertz CT molecular complexity index is 786. The van der Waals surface area contributed by atoms with Crippen LogP contribution in [0.15, 0.2) is 11.6 Å². The van der Waals surface area contributed by atoms with Crippen molar-refractivity contribution in [3.05, 3.63) is 11.6 Å². The minimum Gasteiger partial charge on any atom is -0.393 e. The third-order valence-corrected chi connectivity index (χ3v) is 11.7. The third kappa shape index (κ3) is 3.45. The normalized spacial score (nSPS) is 47.3. The van der Waals surface area contributed by atoms with Gasteiger partial charge in [-0.3, -0.25) is 0 Å². The lowest BCUT2D eigenvalue weighted by molar-refractivity contribution is -0.145. The van der Waals surface area contributed by atoms with Gasteiger partial charge in [-0.15, -0.1) is 0 Å². The van der Waals surface area contributed by atoms with Gasteiger partial charge in [-0.1, -0.05) is 79.4 Å². The van der Waals surface area contributed by atoms with Crippen molar-refractivity contribution < 1.29 is 14.3 Å². The molecule has 0 radical (unpaired) electrons. The van der Waals surface area contributed by atoms with Crippen molar-refractivity contribution in [3.63, 3.8) is 0 Å². The summed E-state index contributed by atoms with van der Waals surface area (Å²) in [5.74, 6) is 2.05. The number of alkyl halides is 1. The van der Waals surface area contributed by atoms with Crippen molar-refractivity contribution in [1.82, 2.24) is 0 Å². The molecule has 0 aromatic rings. The van der Waals surface area contributed by atoms with E-state index in [4.69, 9.17) is 0 Å². The second-order valence-electron chi connectivity index (χ2n) is 13.9. The number of aldehydes is 1. The summed E-state index contributed by atoms with van der Waals surface area (Å²) in [5, 5.41) is 10.8. The molecule has 0 bridgehead atoms. The van der Waals surface area contributed by atoms with Crippen LogP contribution in [-0.4, -0.2) is 23.7 Å². The van der Waals surface area contributed by atoms with Crippen LogP contribution in [0.1, 0.15) is 106 Å². The monoisotopic (exact) mass is 460 g/mol. The fourth-order valence-corrected chi connectivity index (χ4v) is 9.62. The number of carbonyl (C=O) groups is 1. The molecule has 188 valence electrons. The molecule has 4 aliphatic carbocycles. The second kappa shape index (κ2) is 8.45. The summed E-state index contributed by atoms with van der Waals surface area (Å²) in [6.07, 6.45) is 10.7. The van der Waals surface area contributed by atoms with Crippen molar-refractivity contribution >= 4 is 6.29 Å². The first-order valence-corrected chi connectivity index (χ1v) is 13.8. The van der Waals surface area contributed by atoms with E-state index in [0.29, 0.717) is 24.2 Å². The van der Waals surface area contributed by atoms with Crippen molar-refractivity contribution in [1.29, 1.82) is 0 Å². The molecule has 0 aromatic heterocycles. The molecule has 4 rings (SSSR count). The highest BCUT2D eigenvalue weighted by Crippen LogP contribution is 2.73. The molecule has 3 fully saturated rings. The highest BCUT2D eigenvalue weighted by molar-refractivity contribution is 5.71. The minimum absolute atomic E-state index is 0.0326. The zero-order valence-electron chi connectivity index (χ0n) is 22.3. The van der Waals surface area contributed by atoms with E-state index in [-0.39, 0.29) is 34.2 Å². The van der Waals surface area contributed by atoms with E-state index in [1.54, 1.807) is 0 Å². The van der Waals surface area contributed by atoms with E-state index in [0.717, 1.165) is 50.4 Å². The lowest BCUT2D eigenvalue weighted by Crippen LogP contribution is -2.60. The van der Waals surface area contributed by atoms with E-state index in [2.05, 4.69) is 54.5 Å². The van der Waals surface area contributed by atoms with Crippen LogP contribution in [0.2, 0.25) is 0 Å². The summed E-state index contributed by atoms with van der Waals surface area (Å²) in [7, 11) is 0. The molecule has 0 aromatic carbocycles. The lowest BCUT2D eigenvalue weighted by atomic mass is 9.40. The Labute approximate surface area is 202 Å². The van der Waals surface area contributed by atoms with Gasteiger partial charge in [0.1, 0.15) is 12.5 Å². The molecule has 0 saturated heterocycles. The Hall–Kier alpha value is -0.700. The Morgan fingerprint density at radius 2 is 1.82 bits per heavy atom. The van der Waals surface area contributed by atoms with Crippen LogP contribution in [0.3, 0.4) is 0 Å². The number of hydrogen-bond donors (Lipinski definition) is 1. The predicted molar refractivity (Wildman–Crippen MR) is 134 cm³/mol. The van der Waals surface area contributed by atoms with Gasteiger partial charge in [-0.25, -0.2) is 4.39 Å². The molecule has 3 heteroatoms. The number of hydrogen-bond acceptors (Lipinski definition) is 2. The molecule has 2 nitrogen and oxygen atoms in total. The molecule has 0 heterocycles. The summed E-state index contributed by atoms with van der Waals surface area (Å²) in [4.78, 5) is 13.0. The number of allylic oxidation sites excluding steroid dienone is 2. The van der Waals surface area contributed by atoms with Gasteiger partial charge in [0, 0.05) is 0 Å². The highest BCUT2D eigenvalue weighted by atomic mass is 19.1. The van der Waals surface area contributed by atoms with Crippen LogP contribution >= 0.6 is 0 Å². The molecule has 9 atom stereocenters. The van der Waals surface area contributed by atoms with E-state index in [1.165, 1.54) is 12.8 Å². The van der Waals surface area contributed by atoms with Crippen LogP contribution in [0.25, 0.3) is 0 Å². The van der Waals surface area contributed by atoms with Gasteiger partial charge >= 0.3 is 0 Å². The maximum atomic E-state index is 16.2. The standard InChI is InChI=1S/C30H49FO2/c1-19(2)9-8-10-20(3)23-17-25(31)30(18-32)22-11-12-24-27(4,5)26(33)14-15-28(24,6)21(22)13-16-29(23,30)7/h11,18-21,23-26,33H,8-10,12-17H2,1-7H3/t20-,21+,23-,24+,25+,26+,28-,29-,30-/m1/s1. The quantitative estimate of drug-likeness (QED) is 0.328. The molecule has 1 N–H and O–H groups in total. The molecular formula is C30H49FO2. The number of halogens is 1. The third-order valence-electron chi connectivity index (χ3n) is 11.7. The van der Waals surface area contributed by atoms with E-state index in [1.807, 2.05) is 0 Å². The van der Waals surface area contributed by atoms with Gasteiger partial charge in [-0.2, -0.15) is 0 Å². The average Bonchev–Trinajstić information content (AvgIpc) is 2.98. The first kappa shape index (κ1) is 25.4. The van der Waals surface area contributed by atoms with Gasteiger partial charge < -0.3 is 9.90 Å². The van der Waals surface area contributed by atoms with Crippen molar-refractivity contribution in [2.24, 2.45) is 51.2 Å². The molecule has 3 saturated carbocycles. The van der Waals surface area contributed by atoms with Gasteiger partial charge in [0.05, 0.1) is 11.5 Å². The SMILES string of the molecule is CC(C)CCC[C@@H](C)[C@H]1C[C@H](F)[C@@]2(C=O)C3=CC[C@H]4C(C)(C)[C@@H](O)CC[C@]4(C)[C@H]3CC[C@]12C. The number of fused-ring (bicyclic) bond motifs is 5. The Balaban J connectivity index is 1.70. The fourth-order valence-electron chi connectivity index (χ4n) is 9.62. The molecule has 0 aliphatic heterocycles. The maximum absolute atomic E-state index is 16.2. The maximum Gasteiger partial charge on any atom is 0.133 e. The van der Waals surface area contributed by atoms with Gasteiger partial charge in [-0.05, 0) is 84.4 Å². The van der Waals surface area contributed by atoms with Crippen LogP contribution in [0, 0.1) is 51.2 Å². The van der Waals surface area contributed by atoms with Gasteiger partial charge in [0.2, 0.25) is 0 Å². The lowest BCUT2D eigenvalue weighted by Gasteiger charge is -2.63. The van der Waals surface area contributed by atoms with Crippen LogP contribution in [-0.2, 0) is 4.79 Å². The van der Waals surface area contributed by atoms with Gasteiger partial charge in [0.15, 0.2) is 0 Å². The first-order valence-electron chi connectivity index (χ1n) is 13.8. The molecule has 0 spiro atoms. The van der Waals surface area contributed by atoms with Crippen LogP contribution in [0.5, 0.6) is 0 Å². The van der Waals surface area contributed by atoms with E-state index >= 15 is 4.39 Å². The Morgan fingerprint density at radius 3 is 2.45 bits per heavy atom. The van der Waals surface area contributed by atoms with Crippen LogP contribution < -0.4 is 0 Å². The number of aliphatic hydroxyl groups is 1. The highest BCUT2D eigenvalue weighted by Gasteiger charge is 2.70. The molecule has 4 aliphatic rings. The average molecular weight is 461 g/mol. The van der Waals surface area contributed by atoms with E-state index < -0.39 is 11.6 Å². The first-order chi connectivity index (χ1) is 15.4. The molecule has 0 amide bonds. The molecule has 0 unspecified atom stereocenters. The zero-order chi connectivity index (χ0) is 24.4. The largest absolute Gasteiger partial charge is 0.393 e. The zero-order valence-corrected chi connectivity index (χ0v) is 22.3. The van der Waals surface area contributed by atoms with Crippen molar-refractivity contribution in [3.8, 4) is 0 Å². The number of carbonyl (C=O) groups excluding carboxylic acids is 1. The topological polar surface area (TPSA) is 37.3 Å². The number of aliphatic hydroxyl groups excluding tert-OH is 1. The predicted octanol–water partition coefficient (Wildman–Crippen LogP) is 7.54. The summed E-state index contributed by atoms with van der Waals surface area (Å²) < 4.78 is 16.2. The van der Waals surface area contributed by atoms with E-state index in [9.17, 15) is 9.90 Å².